The highest BCUT2D eigenvalue weighted by Crippen LogP contribution is 2.18. The van der Waals surface area contributed by atoms with E-state index < -0.39 is 0 Å². The van der Waals surface area contributed by atoms with Gasteiger partial charge in [-0.3, -0.25) is 4.79 Å². The molecule has 1 atom stereocenters. The lowest BCUT2D eigenvalue weighted by Crippen LogP contribution is -2.29. The van der Waals surface area contributed by atoms with Gasteiger partial charge in [0.05, 0.1) is 0 Å². The summed E-state index contributed by atoms with van der Waals surface area (Å²) < 4.78 is 0. The average molecular weight is 250 g/mol. The average Bonchev–Trinajstić information content (AvgIpc) is 2.38. The van der Waals surface area contributed by atoms with Gasteiger partial charge >= 0.3 is 0 Å². The van der Waals surface area contributed by atoms with Crippen molar-refractivity contribution in [3.63, 3.8) is 0 Å². The Hall–Kier alpha value is -1.55. The molecule has 1 amide bonds. The molecule has 0 saturated carbocycles. The van der Waals surface area contributed by atoms with E-state index >= 15 is 0 Å². The number of nitrogens with two attached hydrogens (primary N) is 1. The van der Waals surface area contributed by atoms with Crippen molar-refractivity contribution < 1.29 is 9.90 Å². The van der Waals surface area contributed by atoms with Crippen LogP contribution >= 0.6 is 0 Å². The number of nitrogens with zero attached hydrogens (tertiary/aromatic N) is 1. The van der Waals surface area contributed by atoms with E-state index in [1.165, 1.54) is 0 Å². The van der Waals surface area contributed by atoms with Gasteiger partial charge in [0.25, 0.3) is 0 Å². The summed E-state index contributed by atoms with van der Waals surface area (Å²) in [5, 5.41) is 9.66. The van der Waals surface area contributed by atoms with Crippen LogP contribution < -0.4 is 5.73 Å². The third-order valence-corrected chi connectivity index (χ3v) is 3.20. The van der Waals surface area contributed by atoms with Crippen LogP contribution in [0.5, 0.6) is 5.75 Å². The number of amides is 1. The predicted octanol–water partition coefficient (Wildman–Crippen LogP) is 1.73. The second-order valence-corrected chi connectivity index (χ2v) is 4.59. The number of phenolic OH excluding ortho intramolecular Hbond substituents is 1. The summed E-state index contributed by atoms with van der Waals surface area (Å²) in [5.41, 5.74) is 6.36. The van der Waals surface area contributed by atoms with E-state index in [2.05, 4.69) is 0 Å². The molecule has 4 nitrogen and oxygen atoms in total. The molecule has 0 aliphatic carbocycles. The summed E-state index contributed by atoms with van der Waals surface area (Å²) in [6.45, 7) is 2.99. The molecule has 100 valence electrons. The lowest BCUT2D eigenvalue weighted by Gasteiger charge is -2.20. The molecule has 3 N–H and O–H groups in total. The van der Waals surface area contributed by atoms with Gasteiger partial charge in [-0.15, -0.1) is 0 Å². The largest absolute Gasteiger partial charge is 0.508 e. The number of carbonyl (C=O) groups is 1. The molecule has 0 bridgehead atoms. The maximum atomic E-state index is 12.0. The quantitative estimate of drug-likeness (QED) is 0.808. The first-order valence-corrected chi connectivity index (χ1v) is 6.29. The Labute approximate surface area is 108 Å². The Balaban J connectivity index is 2.57. The zero-order valence-electron chi connectivity index (χ0n) is 11.1. The van der Waals surface area contributed by atoms with E-state index in [4.69, 9.17) is 5.73 Å². The smallest absolute Gasteiger partial charge is 0.222 e. The molecular formula is C14H22N2O2. The van der Waals surface area contributed by atoms with Crippen molar-refractivity contribution in [2.75, 3.05) is 13.6 Å². The van der Waals surface area contributed by atoms with E-state index in [1.807, 2.05) is 19.1 Å². The molecule has 1 rings (SSSR count). The van der Waals surface area contributed by atoms with Gasteiger partial charge in [-0.25, -0.2) is 0 Å². The summed E-state index contributed by atoms with van der Waals surface area (Å²) >= 11 is 0. The Morgan fingerprint density at radius 2 is 2.11 bits per heavy atom. The monoisotopic (exact) mass is 250 g/mol. The number of rotatable bonds is 6. The minimum Gasteiger partial charge on any atom is -0.508 e. The Kier molecular flexibility index (Phi) is 5.65. The predicted molar refractivity (Wildman–Crippen MR) is 72.0 cm³/mol. The van der Waals surface area contributed by atoms with E-state index in [-0.39, 0.29) is 17.6 Å². The lowest BCUT2D eigenvalue weighted by atomic mass is 10.0. The third kappa shape index (κ3) is 4.04. The van der Waals surface area contributed by atoms with Crippen LogP contribution in [0.3, 0.4) is 0 Å². The van der Waals surface area contributed by atoms with E-state index in [0.29, 0.717) is 19.5 Å². The molecule has 0 saturated heterocycles. The van der Waals surface area contributed by atoms with Gasteiger partial charge in [-0.05, 0) is 18.5 Å². The van der Waals surface area contributed by atoms with Crippen molar-refractivity contribution in [3.8, 4) is 5.75 Å². The van der Waals surface area contributed by atoms with Crippen molar-refractivity contribution in [1.82, 2.24) is 4.90 Å². The van der Waals surface area contributed by atoms with Gasteiger partial charge in [0.1, 0.15) is 5.75 Å². The number of aromatic hydroxyl groups is 1. The number of hydrogen-bond acceptors (Lipinski definition) is 3. The highest BCUT2D eigenvalue weighted by Gasteiger charge is 2.15. The Bertz CT molecular complexity index is 389. The summed E-state index contributed by atoms with van der Waals surface area (Å²) in [4.78, 5) is 13.6. The fraction of sp³-hybridized carbons (Fsp3) is 0.500. The van der Waals surface area contributed by atoms with E-state index in [9.17, 15) is 9.90 Å². The first-order chi connectivity index (χ1) is 8.58. The van der Waals surface area contributed by atoms with Gasteiger partial charge < -0.3 is 15.7 Å². The number of para-hydroxylation sites is 1. The van der Waals surface area contributed by atoms with Crippen molar-refractivity contribution in [2.45, 2.75) is 26.3 Å². The third-order valence-electron chi connectivity index (χ3n) is 3.20. The number of hydrogen-bond donors (Lipinski definition) is 2. The van der Waals surface area contributed by atoms with Crippen LogP contribution in [-0.4, -0.2) is 29.5 Å². The van der Waals surface area contributed by atoms with Crippen LogP contribution in [-0.2, 0) is 11.3 Å². The molecule has 18 heavy (non-hydrogen) atoms. The van der Waals surface area contributed by atoms with Gasteiger partial charge in [0, 0.05) is 25.6 Å². The zero-order chi connectivity index (χ0) is 13.5. The summed E-state index contributed by atoms with van der Waals surface area (Å²) in [6, 6.07) is 7.06. The second-order valence-electron chi connectivity index (χ2n) is 4.59. The molecule has 1 aromatic rings. The first-order valence-electron chi connectivity index (χ1n) is 6.29. The Morgan fingerprint density at radius 3 is 2.67 bits per heavy atom. The fourth-order valence-corrected chi connectivity index (χ4v) is 1.79. The molecular weight excluding hydrogens is 228 g/mol. The molecule has 0 heterocycles. The van der Waals surface area contributed by atoms with Crippen LogP contribution in [0.25, 0.3) is 0 Å². The van der Waals surface area contributed by atoms with Crippen molar-refractivity contribution >= 4 is 5.91 Å². The molecule has 1 aromatic carbocycles. The number of benzene rings is 1. The molecule has 0 aliphatic heterocycles. The van der Waals surface area contributed by atoms with Crippen LogP contribution in [0.4, 0.5) is 0 Å². The van der Waals surface area contributed by atoms with Crippen LogP contribution in [0.1, 0.15) is 25.3 Å². The van der Waals surface area contributed by atoms with Crippen molar-refractivity contribution in [2.24, 2.45) is 11.7 Å². The SMILES string of the molecule is CCC(CN)CC(=O)N(C)Cc1ccccc1O. The van der Waals surface area contributed by atoms with Crippen molar-refractivity contribution in [1.29, 1.82) is 0 Å². The summed E-state index contributed by atoms with van der Waals surface area (Å²) in [7, 11) is 1.75. The number of carbonyl (C=O) groups excluding carboxylic acids is 1. The second kappa shape index (κ2) is 7.01. The van der Waals surface area contributed by atoms with E-state index in [0.717, 1.165) is 12.0 Å². The molecule has 0 aromatic heterocycles. The molecule has 0 spiro atoms. The maximum absolute atomic E-state index is 12.0. The van der Waals surface area contributed by atoms with Crippen LogP contribution in [0.15, 0.2) is 24.3 Å². The standard InChI is InChI=1S/C14H22N2O2/c1-3-11(9-15)8-14(18)16(2)10-12-6-4-5-7-13(12)17/h4-7,11,17H,3,8-10,15H2,1-2H3. The van der Waals surface area contributed by atoms with Crippen LogP contribution in [0, 0.1) is 5.92 Å². The van der Waals surface area contributed by atoms with Gasteiger partial charge in [-0.1, -0.05) is 31.5 Å². The molecule has 1 unspecified atom stereocenters. The minimum atomic E-state index is 0.0653. The normalized spacial score (nSPS) is 12.2. The first kappa shape index (κ1) is 14.5. The summed E-state index contributed by atoms with van der Waals surface area (Å²) in [6.07, 6.45) is 1.38. The van der Waals surface area contributed by atoms with Gasteiger partial charge in [0.2, 0.25) is 5.91 Å². The molecule has 4 heteroatoms. The number of phenols is 1. The maximum Gasteiger partial charge on any atom is 0.222 e. The van der Waals surface area contributed by atoms with Gasteiger partial charge in [0.15, 0.2) is 0 Å². The molecule has 0 radical (unpaired) electrons. The minimum absolute atomic E-state index is 0.0653. The lowest BCUT2D eigenvalue weighted by molar-refractivity contribution is -0.131. The summed E-state index contributed by atoms with van der Waals surface area (Å²) in [5.74, 6) is 0.530. The molecule has 0 fully saturated rings. The van der Waals surface area contributed by atoms with E-state index in [1.54, 1.807) is 24.1 Å². The fourth-order valence-electron chi connectivity index (χ4n) is 1.79. The Morgan fingerprint density at radius 1 is 1.44 bits per heavy atom. The topological polar surface area (TPSA) is 66.6 Å². The highest BCUT2D eigenvalue weighted by molar-refractivity contribution is 5.76. The highest BCUT2D eigenvalue weighted by atomic mass is 16.3. The van der Waals surface area contributed by atoms with Crippen molar-refractivity contribution in [3.05, 3.63) is 29.8 Å². The van der Waals surface area contributed by atoms with Gasteiger partial charge in [-0.2, -0.15) is 0 Å². The zero-order valence-corrected chi connectivity index (χ0v) is 11.1. The van der Waals surface area contributed by atoms with Crippen LogP contribution in [0.2, 0.25) is 0 Å². The molecule has 0 aliphatic rings.